The van der Waals surface area contributed by atoms with Crippen LogP contribution in [0.1, 0.15) is 18.7 Å². The third kappa shape index (κ3) is 2.95. The van der Waals surface area contributed by atoms with Crippen molar-refractivity contribution in [3.8, 4) is 22.8 Å². The molecule has 3 aromatic rings. The SMILES string of the molecule is COc1ccc(-c2cccc3nc(CC(=O)C4CC4)nn23)cc1OC. The highest BCUT2D eigenvalue weighted by Crippen LogP contribution is 2.33. The maximum atomic E-state index is 12.0. The summed E-state index contributed by atoms with van der Waals surface area (Å²) < 4.78 is 12.5. The molecule has 25 heavy (non-hydrogen) atoms. The van der Waals surface area contributed by atoms with E-state index in [-0.39, 0.29) is 11.7 Å². The largest absolute Gasteiger partial charge is 0.493 e. The molecule has 128 valence electrons. The Balaban J connectivity index is 1.74. The van der Waals surface area contributed by atoms with Gasteiger partial charge in [0.05, 0.1) is 26.3 Å². The van der Waals surface area contributed by atoms with Gasteiger partial charge in [-0.25, -0.2) is 9.50 Å². The summed E-state index contributed by atoms with van der Waals surface area (Å²) in [4.78, 5) is 16.5. The first-order chi connectivity index (χ1) is 12.2. The molecule has 0 unspecified atom stereocenters. The predicted molar refractivity (Wildman–Crippen MR) is 93.0 cm³/mol. The topological polar surface area (TPSA) is 65.7 Å². The molecule has 6 nitrogen and oxygen atoms in total. The van der Waals surface area contributed by atoms with Gasteiger partial charge in [0.2, 0.25) is 0 Å². The van der Waals surface area contributed by atoms with Crippen LogP contribution < -0.4 is 9.47 Å². The Bertz CT molecular complexity index is 944. The van der Waals surface area contributed by atoms with Crippen molar-refractivity contribution in [1.29, 1.82) is 0 Å². The zero-order valence-electron chi connectivity index (χ0n) is 14.2. The minimum atomic E-state index is 0.219. The molecule has 6 heteroatoms. The molecule has 1 aromatic carbocycles. The molecule has 0 radical (unpaired) electrons. The molecule has 0 saturated heterocycles. The number of nitrogens with zero attached hydrogens (tertiary/aromatic N) is 3. The summed E-state index contributed by atoms with van der Waals surface area (Å²) in [5.74, 6) is 2.36. The number of Topliss-reactive ketones (excluding diaryl/α,β-unsaturated/α-hetero) is 1. The second-order valence-electron chi connectivity index (χ2n) is 6.20. The molecule has 1 aliphatic carbocycles. The monoisotopic (exact) mass is 337 g/mol. The highest BCUT2D eigenvalue weighted by Gasteiger charge is 2.30. The molecular formula is C19H19N3O3. The van der Waals surface area contributed by atoms with Crippen LogP contribution in [0, 0.1) is 5.92 Å². The Morgan fingerprint density at radius 3 is 2.68 bits per heavy atom. The first-order valence-corrected chi connectivity index (χ1v) is 8.29. The summed E-state index contributed by atoms with van der Waals surface area (Å²) in [5, 5.41) is 4.55. The normalized spacial score (nSPS) is 13.8. The third-order valence-corrected chi connectivity index (χ3v) is 4.45. The Hall–Kier alpha value is -2.89. The number of pyridine rings is 1. The van der Waals surface area contributed by atoms with Crippen molar-refractivity contribution in [3.63, 3.8) is 0 Å². The lowest BCUT2D eigenvalue weighted by atomic mass is 10.1. The van der Waals surface area contributed by atoms with Crippen LogP contribution in [0.5, 0.6) is 11.5 Å². The van der Waals surface area contributed by atoms with Crippen molar-refractivity contribution in [1.82, 2.24) is 14.6 Å². The minimum Gasteiger partial charge on any atom is -0.493 e. The van der Waals surface area contributed by atoms with Crippen molar-refractivity contribution in [3.05, 3.63) is 42.2 Å². The summed E-state index contributed by atoms with van der Waals surface area (Å²) in [7, 11) is 3.22. The molecule has 0 amide bonds. The average molecular weight is 337 g/mol. The average Bonchev–Trinajstić information content (AvgIpc) is 3.41. The Morgan fingerprint density at radius 2 is 1.96 bits per heavy atom. The van der Waals surface area contributed by atoms with E-state index in [0.717, 1.165) is 29.7 Å². The fourth-order valence-corrected chi connectivity index (χ4v) is 2.94. The van der Waals surface area contributed by atoms with E-state index in [9.17, 15) is 4.79 Å². The number of carbonyl (C=O) groups excluding carboxylic acids is 1. The lowest BCUT2D eigenvalue weighted by molar-refractivity contribution is -0.119. The molecule has 0 atom stereocenters. The van der Waals surface area contributed by atoms with Gasteiger partial charge in [0.15, 0.2) is 23.0 Å². The smallest absolute Gasteiger partial charge is 0.161 e. The highest BCUT2D eigenvalue weighted by atomic mass is 16.5. The van der Waals surface area contributed by atoms with Gasteiger partial charge in [0.1, 0.15) is 5.78 Å². The number of ketones is 1. The second kappa shape index (κ2) is 6.20. The summed E-state index contributed by atoms with van der Waals surface area (Å²) in [6.45, 7) is 0. The zero-order chi connectivity index (χ0) is 17.4. The number of fused-ring (bicyclic) bond motifs is 1. The van der Waals surface area contributed by atoms with Crippen LogP contribution in [0.2, 0.25) is 0 Å². The Kier molecular flexibility index (Phi) is 3.87. The minimum absolute atomic E-state index is 0.219. The highest BCUT2D eigenvalue weighted by molar-refractivity contribution is 5.84. The number of hydrogen-bond acceptors (Lipinski definition) is 5. The molecule has 2 aromatic heterocycles. The molecule has 2 heterocycles. The van der Waals surface area contributed by atoms with Gasteiger partial charge in [-0.1, -0.05) is 6.07 Å². The maximum absolute atomic E-state index is 12.0. The number of aromatic nitrogens is 3. The number of rotatable bonds is 6. The molecule has 1 saturated carbocycles. The maximum Gasteiger partial charge on any atom is 0.161 e. The van der Waals surface area contributed by atoms with E-state index in [0.29, 0.717) is 23.7 Å². The quantitative estimate of drug-likeness (QED) is 0.692. The first kappa shape index (κ1) is 15.6. The molecule has 1 aliphatic rings. The van der Waals surface area contributed by atoms with E-state index < -0.39 is 0 Å². The number of benzene rings is 1. The van der Waals surface area contributed by atoms with Gasteiger partial charge in [0, 0.05) is 11.5 Å². The van der Waals surface area contributed by atoms with Crippen LogP contribution in [0.25, 0.3) is 16.9 Å². The van der Waals surface area contributed by atoms with Crippen LogP contribution in [-0.2, 0) is 11.2 Å². The third-order valence-electron chi connectivity index (χ3n) is 4.45. The number of carbonyl (C=O) groups is 1. The van der Waals surface area contributed by atoms with Gasteiger partial charge in [-0.3, -0.25) is 4.79 Å². The Labute approximate surface area is 145 Å². The number of methoxy groups -OCH3 is 2. The van der Waals surface area contributed by atoms with Crippen LogP contribution in [0.4, 0.5) is 0 Å². The van der Waals surface area contributed by atoms with Crippen LogP contribution in [-0.4, -0.2) is 34.6 Å². The van der Waals surface area contributed by atoms with E-state index in [1.807, 2.05) is 36.4 Å². The lowest BCUT2D eigenvalue weighted by Crippen LogP contribution is -2.06. The molecule has 0 N–H and O–H groups in total. The van der Waals surface area contributed by atoms with E-state index in [2.05, 4.69) is 10.1 Å². The molecule has 0 aliphatic heterocycles. The lowest BCUT2D eigenvalue weighted by Gasteiger charge is -2.10. The number of ether oxygens (including phenoxy) is 2. The van der Waals surface area contributed by atoms with E-state index in [4.69, 9.17) is 9.47 Å². The van der Waals surface area contributed by atoms with Gasteiger partial charge in [-0.15, -0.1) is 0 Å². The fraction of sp³-hybridized carbons (Fsp3) is 0.316. The van der Waals surface area contributed by atoms with Crippen LogP contribution in [0.15, 0.2) is 36.4 Å². The summed E-state index contributed by atoms with van der Waals surface area (Å²) in [5.41, 5.74) is 2.55. The van der Waals surface area contributed by atoms with Crippen LogP contribution >= 0.6 is 0 Å². The fourth-order valence-electron chi connectivity index (χ4n) is 2.94. The predicted octanol–water partition coefficient (Wildman–Crippen LogP) is 2.94. The molecular weight excluding hydrogens is 318 g/mol. The zero-order valence-corrected chi connectivity index (χ0v) is 14.2. The molecule has 0 bridgehead atoms. The van der Waals surface area contributed by atoms with Gasteiger partial charge < -0.3 is 9.47 Å². The van der Waals surface area contributed by atoms with Gasteiger partial charge in [-0.05, 0) is 43.2 Å². The first-order valence-electron chi connectivity index (χ1n) is 8.29. The van der Waals surface area contributed by atoms with Crippen LogP contribution in [0.3, 0.4) is 0 Å². The summed E-state index contributed by atoms with van der Waals surface area (Å²) in [6, 6.07) is 11.5. The van der Waals surface area contributed by atoms with Crippen molar-refractivity contribution < 1.29 is 14.3 Å². The van der Waals surface area contributed by atoms with E-state index >= 15 is 0 Å². The summed E-state index contributed by atoms with van der Waals surface area (Å²) >= 11 is 0. The standard InChI is InChI=1S/C19H19N3O3/c1-24-16-9-8-13(10-17(16)25-2)14-4-3-5-19-20-18(21-22(14)19)11-15(23)12-6-7-12/h3-5,8-10,12H,6-7,11H2,1-2H3. The number of hydrogen-bond donors (Lipinski definition) is 0. The van der Waals surface area contributed by atoms with Crippen molar-refractivity contribution in [2.45, 2.75) is 19.3 Å². The van der Waals surface area contributed by atoms with Crippen molar-refractivity contribution in [2.24, 2.45) is 5.92 Å². The van der Waals surface area contributed by atoms with Crippen molar-refractivity contribution in [2.75, 3.05) is 14.2 Å². The van der Waals surface area contributed by atoms with E-state index in [1.165, 1.54) is 0 Å². The molecule has 0 spiro atoms. The van der Waals surface area contributed by atoms with Gasteiger partial charge in [0.25, 0.3) is 0 Å². The van der Waals surface area contributed by atoms with Gasteiger partial charge in [-0.2, -0.15) is 5.10 Å². The molecule has 4 rings (SSSR count). The Morgan fingerprint density at radius 1 is 1.16 bits per heavy atom. The van der Waals surface area contributed by atoms with Gasteiger partial charge >= 0.3 is 0 Å². The molecule has 1 fully saturated rings. The van der Waals surface area contributed by atoms with E-state index in [1.54, 1.807) is 18.7 Å². The van der Waals surface area contributed by atoms with Crippen molar-refractivity contribution >= 4 is 11.4 Å². The second-order valence-corrected chi connectivity index (χ2v) is 6.20. The summed E-state index contributed by atoms with van der Waals surface area (Å²) in [6.07, 6.45) is 2.31.